The molecule has 1 N–H and O–H groups in total. The second kappa shape index (κ2) is 11.7. The van der Waals surface area contributed by atoms with Crippen molar-refractivity contribution in [2.75, 3.05) is 25.3 Å². The number of rotatable bonds is 12. The summed E-state index contributed by atoms with van der Waals surface area (Å²) < 4.78 is 30.2. The van der Waals surface area contributed by atoms with Gasteiger partial charge in [-0.2, -0.15) is 0 Å². The molecule has 0 atom stereocenters. The van der Waals surface area contributed by atoms with Gasteiger partial charge in [0.15, 0.2) is 5.75 Å². The Balaban J connectivity index is 2.10. The summed E-state index contributed by atoms with van der Waals surface area (Å²) in [5.41, 5.74) is 2.46. The predicted octanol–water partition coefficient (Wildman–Crippen LogP) is 5.38. The Bertz CT molecular complexity index is 1010. The number of ether oxygens (including phenoxy) is 1. The third kappa shape index (κ3) is 7.92. The Morgan fingerprint density at radius 1 is 1.06 bits per heavy atom. The van der Waals surface area contributed by atoms with Gasteiger partial charge in [0.25, 0.3) is 0 Å². The van der Waals surface area contributed by atoms with Crippen molar-refractivity contribution in [1.82, 2.24) is 4.72 Å². The van der Waals surface area contributed by atoms with E-state index < -0.39 is 10.0 Å². The van der Waals surface area contributed by atoms with Gasteiger partial charge in [0.05, 0.1) is 22.9 Å². The van der Waals surface area contributed by atoms with E-state index in [2.05, 4.69) is 18.6 Å². The van der Waals surface area contributed by atoms with Gasteiger partial charge >= 0.3 is 0 Å². The number of sulfonamides is 1. The highest BCUT2D eigenvalue weighted by Gasteiger charge is 2.25. The summed E-state index contributed by atoms with van der Waals surface area (Å²) in [6, 6.07) is 11.5. The van der Waals surface area contributed by atoms with Crippen LogP contribution < -0.4 is 9.46 Å². The number of Topliss-reactive ketones (excluding diaryl/α,β-unsaturated/α-hetero) is 1. The van der Waals surface area contributed by atoms with E-state index in [9.17, 15) is 13.2 Å². The minimum Gasteiger partial charge on any atom is -0.490 e. The van der Waals surface area contributed by atoms with Crippen LogP contribution in [0.3, 0.4) is 0 Å². The zero-order chi connectivity index (χ0) is 23.9. The Labute approximate surface area is 205 Å². The molecule has 0 aliphatic rings. The van der Waals surface area contributed by atoms with E-state index in [-0.39, 0.29) is 30.6 Å². The molecule has 2 aromatic rings. The number of benzene rings is 2. The number of ketones is 1. The lowest BCUT2D eigenvalue weighted by Crippen LogP contribution is -2.25. The predicted molar refractivity (Wildman–Crippen MR) is 132 cm³/mol. The highest BCUT2D eigenvalue weighted by atomic mass is 35.5. The summed E-state index contributed by atoms with van der Waals surface area (Å²) in [6.45, 7) is 4.69. The second-order valence-corrected chi connectivity index (χ2v) is 11.1. The van der Waals surface area contributed by atoms with Crippen LogP contribution >= 0.6 is 34.8 Å². The molecule has 0 saturated carbocycles. The van der Waals surface area contributed by atoms with Crippen LogP contribution in [0.25, 0.3) is 0 Å². The first-order valence-electron chi connectivity index (χ1n) is 10.2. The average Bonchev–Trinajstić information content (AvgIpc) is 2.69. The first kappa shape index (κ1) is 26.9. The van der Waals surface area contributed by atoms with Crippen LogP contribution in [0.1, 0.15) is 43.4 Å². The molecule has 0 spiro atoms. The van der Waals surface area contributed by atoms with Crippen molar-refractivity contribution in [3.63, 3.8) is 0 Å². The highest BCUT2D eigenvalue weighted by Crippen LogP contribution is 2.40. The van der Waals surface area contributed by atoms with Crippen LogP contribution in [-0.2, 0) is 26.7 Å². The van der Waals surface area contributed by atoms with Crippen molar-refractivity contribution < 1.29 is 17.9 Å². The lowest BCUT2D eigenvalue weighted by Gasteiger charge is -2.27. The minimum absolute atomic E-state index is 0.0310. The molecule has 0 fully saturated rings. The lowest BCUT2D eigenvalue weighted by atomic mass is 9.78. The summed E-state index contributed by atoms with van der Waals surface area (Å²) in [5.74, 6) is 0.924. The third-order valence-corrected chi connectivity index (χ3v) is 6.65. The maximum Gasteiger partial charge on any atom is 0.208 e. The number of carbonyl (C=O) groups excluding carboxylic acids is 1. The summed E-state index contributed by atoms with van der Waals surface area (Å²) in [5, 5.41) is 0.889. The molecular weight excluding hydrogens is 493 g/mol. The molecule has 0 radical (unpaired) electrons. The minimum atomic E-state index is -3.29. The molecule has 0 saturated heterocycles. The molecule has 5 nitrogen and oxygen atoms in total. The normalized spacial score (nSPS) is 12.1. The number of hydrogen-bond acceptors (Lipinski definition) is 4. The molecule has 0 aliphatic heterocycles. The van der Waals surface area contributed by atoms with Gasteiger partial charge in [-0.3, -0.25) is 4.79 Å². The summed E-state index contributed by atoms with van der Waals surface area (Å²) in [6.07, 6.45) is 2.17. The fourth-order valence-corrected chi connectivity index (χ4v) is 4.36. The molecule has 2 aromatic carbocycles. The largest absolute Gasteiger partial charge is 0.490 e. The average molecular weight is 521 g/mol. The highest BCUT2D eigenvalue weighted by molar-refractivity contribution is 7.88. The number of alkyl halides is 1. The van der Waals surface area contributed by atoms with Crippen molar-refractivity contribution in [3.05, 3.63) is 63.1 Å². The summed E-state index contributed by atoms with van der Waals surface area (Å²) >= 11 is 18.6. The molecule has 2 rings (SSSR count). The summed E-state index contributed by atoms with van der Waals surface area (Å²) in [7, 11) is -3.29. The van der Waals surface area contributed by atoms with E-state index in [1.807, 2.05) is 36.4 Å². The van der Waals surface area contributed by atoms with E-state index >= 15 is 0 Å². The molecule has 9 heteroatoms. The molecule has 32 heavy (non-hydrogen) atoms. The summed E-state index contributed by atoms with van der Waals surface area (Å²) in [4.78, 5) is 12.1. The maximum absolute atomic E-state index is 12.1. The fourth-order valence-electron chi connectivity index (χ4n) is 3.19. The number of carbonyl (C=O) groups is 1. The Morgan fingerprint density at radius 2 is 1.66 bits per heavy atom. The lowest BCUT2D eigenvalue weighted by molar-refractivity contribution is -0.118. The standard InChI is InChI=1S/C23H28Cl3NO4S/c1-23(2,18-14-20(25)22(21(26)15-18)31-12-4-10-24)17-7-5-16(6-8-17)13-19(28)9-11-27-32(3,29)30/h5-8,14-15,27H,4,9-13H2,1-3H3. The first-order chi connectivity index (χ1) is 14.9. The molecule has 176 valence electrons. The van der Waals surface area contributed by atoms with Crippen molar-refractivity contribution in [1.29, 1.82) is 0 Å². The maximum atomic E-state index is 12.1. The van der Waals surface area contributed by atoms with Crippen LogP contribution in [0.2, 0.25) is 10.0 Å². The van der Waals surface area contributed by atoms with Crippen LogP contribution in [-0.4, -0.2) is 39.5 Å². The number of nitrogens with one attached hydrogen (secondary N) is 1. The van der Waals surface area contributed by atoms with Crippen LogP contribution in [0, 0.1) is 0 Å². The van der Waals surface area contributed by atoms with Gasteiger partial charge in [0.1, 0.15) is 5.78 Å². The zero-order valence-electron chi connectivity index (χ0n) is 18.4. The molecule has 0 aromatic heterocycles. The van der Waals surface area contributed by atoms with Gasteiger partial charge in [-0.05, 0) is 35.2 Å². The van der Waals surface area contributed by atoms with E-state index in [4.69, 9.17) is 39.5 Å². The van der Waals surface area contributed by atoms with Crippen LogP contribution in [0.15, 0.2) is 36.4 Å². The molecule has 0 unspecified atom stereocenters. The second-order valence-electron chi connectivity index (χ2n) is 8.11. The van der Waals surface area contributed by atoms with Crippen molar-refractivity contribution in [3.8, 4) is 5.75 Å². The van der Waals surface area contributed by atoms with Crippen LogP contribution in [0.4, 0.5) is 0 Å². The number of hydrogen-bond donors (Lipinski definition) is 1. The number of halogens is 3. The van der Waals surface area contributed by atoms with E-state index in [1.165, 1.54) is 0 Å². The van der Waals surface area contributed by atoms with Crippen molar-refractivity contribution >= 4 is 50.6 Å². The van der Waals surface area contributed by atoms with Gasteiger partial charge in [-0.25, -0.2) is 13.1 Å². The first-order valence-corrected chi connectivity index (χ1v) is 13.4. The molecule has 0 amide bonds. The Kier molecular flexibility index (Phi) is 9.85. The molecular formula is C23H28Cl3NO4S. The van der Waals surface area contributed by atoms with Crippen molar-refractivity contribution in [2.24, 2.45) is 0 Å². The van der Waals surface area contributed by atoms with Gasteiger partial charge in [0.2, 0.25) is 10.0 Å². The quantitative estimate of drug-likeness (QED) is 0.301. The molecule has 0 aliphatic carbocycles. The Morgan fingerprint density at radius 3 is 2.19 bits per heavy atom. The Hall–Kier alpha value is -1.31. The zero-order valence-corrected chi connectivity index (χ0v) is 21.5. The monoisotopic (exact) mass is 519 g/mol. The van der Waals surface area contributed by atoms with Gasteiger partial charge in [-0.15, -0.1) is 11.6 Å². The fraction of sp³-hybridized carbons (Fsp3) is 0.435. The van der Waals surface area contributed by atoms with E-state index in [1.54, 1.807) is 0 Å². The van der Waals surface area contributed by atoms with Crippen LogP contribution in [0.5, 0.6) is 5.75 Å². The topological polar surface area (TPSA) is 72.5 Å². The SMILES string of the molecule is CC(C)(c1ccc(CC(=O)CCNS(C)(=O)=O)cc1)c1cc(Cl)c(OCCCCl)c(Cl)c1. The molecule has 0 bridgehead atoms. The van der Waals surface area contributed by atoms with E-state index in [0.29, 0.717) is 34.7 Å². The van der Waals surface area contributed by atoms with Gasteiger partial charge < -0.3 is 4.74 Å². The van der Waals surface area contributed by atoms with E-state index in [0.717, 1.165) is 22.9 Å². The third-order valence-electron chi connectivity index (χ3n) is 5.09. The molecule has 0 heterocycles. The van der Waals surface area contributed by atoms with Crippen molar-refractivity contribution in [2.45, 2.75) is 38.5 Å². The smallest absolute Gasteiger partial charge is 0.208 e. The van der Waals surface area contributed by atoms with Gasteiger partial charge in [0, 0.05) is 30.7 Å². The van der Waals surface area contributed by atoms with Gasteiger partial charge in [-0.1, -0.05) is 61.3 Å².